The zero-order valence-corrected chi connectivity index (χ0v) is 8.93. The minimum absolute atomic E-state index is 0.604. The summed E-state index contributed by atoms with van der Waals surface area (Å²) in [5, 5.41) is 3.27. The summed E-state index contributed by atoms with van der Waals surface area (Å²) >= 11 is 0. The van der Waals surface area contributed by atoms with E-state index < -0.39 is 0 Å². The van der Waals surface area contributed by atoms with Crippen molar-refractivity contribution in [1.29, 1.82) is 0 Å². The second-order valence-corrected chi connectivity index (χ2v) is 3.57. The van der Waals surface area contributed by atoms with Gasteiger partial charge in [-0.25, -0.2) is 4.98 Å². The van der Waals surface area contributed by atoms with Crippen molar-refractivity contribution in [3.05, 3.63) is 36.9 Å². The van der Waals surface area contributed by atoms with E-state index in [2.05, 4.69) is 10.3 Å². The van der Waals surface area contributed by atoms with E-state index in [0.29, 0.717) is 11.4 Å². The molecule has 84 valence electrons. The molecule has 0 saturated heterocycles. The molecule has 0 aliphatic carbocycles. The highest BCUT2D eigenvalue weighted by Crippen LogP contribution is 2.19. The lowest BCUT2D eigenvalue weighted by Crippen LogP contribution is -2.09. The Morgan fingerprint density at radius 3 is 2.81 bits per heavy atom. The molecule has 0 unspecified atom stereocenters. The van der Waals surface area contributed by atoms with Crippen molar-refractivity contribution < 1.29 is 0 Å². The van der Waals surface area contributed by atoms with Gasteiger partial charge in [0.25, 0.3) is 0 Å². The summed E-state index contributed by atoms with van der Waals surface area (Å²) in [4.78, 5) is 3.97. The molecular formula is C11H15N5. The molecule has 5 nitrogen and oxygen atoms in total. The zero-order valence-electron chi connectivity index (χ0n) is 8.93. The molecule has 0 saturated carbocycles. The van der Waals surface area contributed by atoms with Crippen LogP contribution in [0.3, 0.4) is 0 Å². The smallest absolute Gasteiger partial charge is 0.0946 e. The van der Waals surface area contributed by atoms with Crippen molar-refractivity contribution in [1.82, 2.24) is 9.55 Å². The van der Waals surface area contributed by atoms with Gasteiger partial charge in [-0.1, -0.05) is 0 Å². The molecule has 0 amide bonds. The Bertz CT molecular complexity index is 449. The van der Waals surface area contributed by atoms with Gasteiger partial charge in [0.05, 0.1) is 17.7 Å². The third-order valence-electron chi connectivity index (χ3n) is 2.35. The minimum Gasteiger partial charge on any atom is -0.397 e. The van der Waals surface area contributed by atoms with E-state index in [1.165, 1.54) is 0 Å². The fraction of sp³-hybridized carbons (Fsp3) is 0.182. The van der Waals surface area contributed by atoms with E-state index >= 15 is 0 Å². The third kappa shape index (κ3) is 2.44. The Hall–Kier alpha value is -2.17. The van der Waals surface area contributed by atoms with Crippen LogP contribution in [0.5, 0.6) is 0 Å². The first kappa shape index (κ1) is 10.4. The van der Waals surface area contributed by atoms with Crippen molar-refractivity contribution in [3.63, 3.8) is 0 Å². The van der Waals surface area contributed by atoms with Gasteiger partial charge < -0.3 is 21.4 Å². The quantitative estimate of drug-likeness (QED) is 0.671. The van der Waals surface area contributed by atoms with Crippen LogP contribution in [0.25, 0.3) is 0 Å². The van der Waals surface area contributed by atoms with E-state index in [-0.39, 0.29) is 0 Å². The van der Waals surface area contributed by atoms with Crippen molar-refractivity contribution in [2.24, 2.45) is 0 Å². The molecule has 2 rings (SSSR count). The van der Waals surface area contributed by atoms with E-state index in [1.807, 2.05) is 22.9 Å². The van der Waals surface area contributed by atoms with E-state index in [1.54, 1.807) is 18.6 Å². The van der Waals surface area contributed by atoms with Crippen molar-refractivity contribution in [3.8, 4) is 0 Å². The fourth-order valence-corrected chi connectivity index (χ4v) is 1.43. The van der Waals surface area contributed by atoms with Gasteiger partial charge in [0.15, 0.2) is 0 Å². The van der Waals surface area contributed by atoms with Gasteiger partial charge in [0.2, 0.25) is 0 Å². The number of benzene rings is 1. The molecule has 0 radical (unpaired) electrons. The SMILES string of the molecule is Nc1ccc(NCCn2ccnc2)cc1N. The third-order valence-corrected chi connectivity index (χ3v) is 2.35. The number of nitrogen functional groups attached to an aromatic ring is 2. The van der Waals surface area contributed by atoms with Crippen LogP contribution >= 0.6 is 0 Å². The average molecular weight is 217 g/mol. The van der Waals surface area contributed by atoms with Crippen molar-refractivity contribution in [2.45, 2.75) is 6.54 Å². The number of hydrogen-bond donors (Lipinski definition) is 3. The number of hydrogen-bond acceptors (Lipinski definition) is 4. The maximum Gasteiger partial charge on any atom is 0.0946 e. The molecule has 1 aromatic carbocycles. The van der Waals surface area contributed by atoms with Crippen LogP contribution in [0.2, 0.25) is 0 Å². The predicted octanol–water partition coefficient (Wildman–Crippen LogP) is 1.16. The van der Waals surface area contributed by atoms with E-state index in [0.717, 1.165) is 18.8 Å². The highest BCUT2D eigenvalue weighted by molar-refractivity contribution is 5.69. The molecule has 5 N–H and O–H groups in total. The lowest BCUT2D eigenvalue weighted by atomic mass is 10.2. The number of imidazole rings is 1. The molecule has 2 aromatic rings. The number of aromatic nitrogens is 2. The summed E-state index contributed by atoms with van der Waals surface area (Å²) in [6.45, 7) is 1.68. The molecule has 5 heteroatoms. The monoisotopic (exact) mass is 217 g/mol. The molecular weight excluding hydrogens is 202 g/mol. The first-order chi connectivity index (χ1) is 7.75. The Kier molecular flexibility index (Phi) is 2.95. The van der Waals surface area contributed by atoms with Crippen LogP contribution < -0.4 is 16.8 Å². The molecule has 1 aromatic heterocycles. The van der Waals surface area contributed by atoms with Gasteiger partial charge in [0, 0.05) is 31.2 Å². The summed E-state index contributed by atoms with van der Waals surface area (Å²) in [5.41, 5.74) is 13.5. The maximum absolute atomic E-state index is 5.71. The van der Waals surface area contributed by atoms with Crippen LogP contribution in [0.4, 0.5) is 17.1 Å². The average Bonchev–Trinajstić information content (AvgIpc) is 2.76. The Balaban J connectivity index is 1.87. The van der Waals surface area contributed by atoms with Gasteiger partial charge in [0.1, 0.15) is 0 Å². The largest absolute Gasteiger partial charge is 0.397 e. The number of anilines is 3. The number of nitrogens with zero attached hydrogens (tertiary/aromatic N) is 2. The van der Waals surface area contributed by atoms with Crippen molar-refractivity contribution in [2.75, 3.05) is 23.3 Å². The summed E-state index contributed by atoms with van der Waals surface area (Å²) in [7, 11) is 0. The number of rotatable bonds is 4. The highest BCUT2D eigenvalue weighted by atomic mass is 15.0. The molecule has 16 heavy (non-hydrogen) atoms. The Morgan fingerprint density at radius 2 is 2.12 bits per heavy atom. The second kappa shape index (κ2) is 4.57. The normalized spacial score (nSPS) is 10.2. The molecule has 0 bridgehead atoms. The van der Waals surface area contributed by atoms with Crippen LogP contribution in [0.15, 0.2) is 36.9 Å². The standard InChI is InChI=1S/C11H15N5/c12-10-2-1-9(7-11(10)13)15-4-6-16-5-3-14-8-16/h1-3,5,7-8,15H,4,6,12-13H2. The summed E-state index contributed by atoms with van der Waals surface area (Å²) < 4.78 is 2.01. The molecule has 1 heterocycles. The first-order valence-corrected chi connectivity index (χ1v) is 5.10. The topological polar surface area (TPSA) is 81.9 Å². The van der Waals surface area contributed by atoms with Crippen LogP contribution in [0.1, 0.15) is 0 Å². The lowest BCUT2D eigenvalue weighted by Gasteiger charge is -2.08. The van der Waals surface area contributed by atoms with Crippen LogP contribution in [-0.4, -0.2) is 16.1 Å². The first-order valence-electron chi connectivity index (χ1n) is 5.10. The zero-order chi connectivity index (χ0) is 11.4. The number of nitrogens with one attached hydrogen (secondary N) is 1. The molecule has 0 spiro atoms. The van der Waals surface area contributed by atoms with Crippen LogP contribution in [0, 0.1) is 0 Å². The molecule has 0 aliphatic heterocycles. The van der Waals surface area contributed by atoms with E-state index in [4.69, 9.17) is 11.5 Å². The highest BCUT2D eigenvalue weighted by Gasteiger charge is 1.96. The summed E-state index contributed by atoms with van der Waals surface area (Å²) in [6.07, 6.45) is 5.49. The van der Waals surface area contributed by atoms with Gasteiger partial charge >= 0.3 is 0 Å². The molecule has 0 atom stereocenters. The molecule has 0 aliphatic rings. The lowest BCUT2D eigenvalue weighted by molar-refractivity contribution is 0.727. The van der Waals surface area contributed by atoms with Gasteiger partial charge in [-0.05, 0) is 18.2 Å². The second-order valence-electron chi connectivity index (χ2n) is 3.57. The summed E-state index contributed by atoms with van der Waals surface area (Å²) in [5.74, 6) is 0. The van der Waals surface area contributed by atoms with Gasteiger partial charge in [-0.3, -0.25) is 0 Å². The Morgan fingerprint density at radius 1 is 1.25 bits per heavy atom. The number of nitrogens with two attached hydrogens (primary N) is 2. The van der Waals surface area contributed by atoms with Gasteiger partial charge in [-0.15, -0.1) is 0 Å². The Labute approximate surface area is 94.1 Å². The van der Waals surface area contributed by atoms with Crippen molar-refractivity contribution >= 4 is 17.1 Å². The summed E-state index contributed by atoms with van der Waals surface area (Å²) in [6, 6.07) is 5.55. The molecule has 0 fully saturated rings. The maximum atomic E-state index is 5.71. The van der Waals surface area contributed by atoms with E-state index in [9.17, 15) is 0 Å². The van der Waals surface area contributed by atoms with Gasteiger partial charge in [-0.2, -0.15) is 0 Å². The minimum atomic E-state index is 0.604. The fourth-order valence-electron chi connectivity index (χ4n) is 1.43. The predicted molar refractivity (Wildman–Crippen MR) is 66.0 cm³/mol. The van der Waals surface area contributed by atoms with Crippen LogP contribution in [-0.2, 0) is 6.54 Å².